The maximum Gasteiger partial charge on any atom is 0.142 e. The number of benzene rings is 2. The Labute approximate surface area is 148 Å². The van der Waals surface area contributed by atoms with E-state index in [1.165, 1.54) is 20.2 Å². The highest BCUT2D eigenvalue weighted by Crippen LogP contribution is 2.36. The Hall–Kier alpha value is -1.82. The third-order valence-corrected chi connectivity index (χ3v) is 6.57. The molecule has 0 amide bonds. The lowest BCUT2D eigenvalue weighted by molar-refractivity contribution is 1.32. The zero-order valence-corrected chi connectivity index (χ0v) is 15.0. The fourth-order valence-corrected chi connectivity index (χ4v) is 5.25. The van der Waals surface area contributed by atoms with Gasteiger partial charge in [0.25, 0.3) is 0 Å². The summed E-state index contributed by atoms with van der Waals surface area (Å²) in [5, 5.41) is 2.60. The minimum absolute atomic E-state index is 0.917. The van der Waals surface area contributed by atoms with Crippen LogP contribution < -0.4 is 0 Å². The molecule has 110 valence electrons. The average molecular weight is 397 g/mol. The Morgan fingerprint density at radius 3 is 2.70 bits per heavy atom. The van der Waals surface area contributed by atoms with Gasteiger partial charge in [-0.15, -0.1) is 22.7 Å². The summed E-state index contributed by atoms with van der Waals surface area (Å²) in [6, 6.07) is 17.1. The third kappa shape index (κ3) is 2.19. The van der Waals surface area contributed by atoms with Gasteiger partial charge in [-0.25, -0.2) is 9.97 Å². The molecule has 23 heavy (non-hydrogen) atoms. The predicted molar refractivity (Wildman–Crippen MR) is 103 cm³/mol. The van der Waals surface area contributed by atoms with E-state index in [2.05, 4.69) is 63.4 Å². The molecule has 0 aliphatic rings. The van der Waals surface area contributed by atoms with Gasteiger partial charge >= 0.3 is 0 Å². The Kier molecular flexibility index (Phi) is 3.01. The average Bonchev–Trinajstić information content (AvgIpc) is 3.12. The number of halogens is 1. The van der Waals surface area contributed by atoms with Crippen molar-refractivity contribution in [2.75, 3.05) is 0 Å². The number of aromatic nitrogens is 2. The molecule has 0 bridgehead atoms. The molecule has 5 rings (SSSR count). The van der Waals surface area contributed by atoms with Gasteiger partial charge in [0.05, 0.1) is 15.7 Å². The van der Waals surface area contributed by atoms with Crippen LogP contribution in [0, 0.1) is 0 Å². The van der Waals surface area contributed by atoms with Crippen LogP contribution in [0.5, 0.6) is 0 Å². The number of fused-ring (bicyclic) bond motifs is 4. The SMILES string of the molecule is Brc1cc2nc(-c3ccc4sc5ccccc5c4c3)cnc2s1. The predicted octanol–water partition coefficient (Wildman–Crippen LogP) is 6.49. The summed E-state index contributed by atoms with van der Waals surface area (Å²) in [6.45, 7) is 0. The van der Waals surface area contributed by atoms with Gasteiger partial charge in [-0.1, -0.05) is 24.3 Å². The molecular formula is C18H9BrN2S2. The van der Waals surface area contributed by atoms with Gasteiger partial charge in [-0.2, -0.15) is 0 Å². The highest BCUT2D eigenvalue weighted by molar-refractivity contribution is 9.11. The standard InChI is InChI=1S/C18H9BrN2S2/c19-17-8-13-18(23-17)20-9-14(21-13)10-5-6-16-12(7-10)11-3-1-2-4-15(11)22-16/h1-9H. The maximum absolute atomic E-state index is 4.76. The highest BCUT2D eigenvalue weighted by Gasteiger charge is 2.09. The van der Waals surface area contributed by atoms with Crippen molar-refractivity contribution in [3.05, 3.63) is 58.5 Å². The molecule has 0 unspecified atom stereocenters. The Balaban J connectivity index is 1.75. The van der Waals surface area contributed by atoms with Crippen LogP contribution in [0.1, 0.15) is 0 Å². The molecule has 2 nitrogen and oxygen atoms in total. The Bertz CT molecular complexity index is 1190. The van der Waals surface area contributed by atoms with E-state index in [0.29, 0.717) is 0 Å². The molecule has 0 N–H and O–H groups in total. The molecule has 0 saturated carbocycles. The molecule has 0 atom stereocenters. The van der Waals surface area contributed by atoms with E-state index < -0.39 is 0 Å². The van der Waals surface area contributed by atoms with Crippen LogP contribution in [0.4, 0.5) is 0 Å². The fourth-order valence-electron chi connectivity index (χ4n) is 2.82. The van der Waals surface area contributed by atoms with E-state index in [1.54, 1.807) is 11.3 Å². The number of hydrogen-bond donors (Lipinski definition) is 0. The maximum atomic E-state index is 4.76. The first-order valence-corrected chi connectivity index (χ1v) is 9.54. The summed E-state index contributed by atoms with van der Waals surface area (Å²) in [6.07, 6.45) is 1.86. The van der Waals surface area contributed by atoms with Gasteiger partial charge in [-0.05, 0) is 40.2 Å². The van der Waals surface area contributed by atoms with Crippen molar-refractivity contribution in [3.63, 3.8) is 0 Å². The van der Waals surface area contributed by atoms with Crippen LogP contribution in [0.25, 0.3) is 41.8 Å². The second kappa shape index (κ2) is 5.09. The Morgan fingerprint density at radius 2 is 1.74 bits per heavy atom. The van der Waals surface area contributed by atoms with Crippen molar-refractivity contribution < 1.29 is 0 Å². The first-order valence-electron chi connectivity index (χ1n) is 7.12. The van der Waals surface area contributed by atoms with Gasteiger partial charge in [0.15, 0.2) is 0 Å². The first kappa shape index (κ1) is 13.6. The lowest BCUT2D eigenvalue weighted by Gasteiger charge is -2.01. The van der Waals surface area contributed by atoms with Crippen LogP contribution >= 0.6 is 38.6 Å². The summed E-state index contributed by atoms with van der Waals surface area (Å²) < 4.78 is 3.69. The molecule has 2 aromatic carbocycles. The van der Waals surface area contributed by atoms with E-state index in [9.17, 15) is 0 Å². The molecule has 5 aromatic rings. The molecule has 0 spiro atoms. The van der Waals surface area contributed by atoms with Crippen molar-refractivity contribution in [1.29, 1.82) is 0 Å². The summed E-state index contributed by atoms with van der Waals surface area (Å²) in [5.74, 6) is 0. The third-order valence-electron chi connectivity index (χ3n) is 3.88. The number of rotatable bonds is 1. The van der Waals surface area contributed by atoms with Crippen LogP contribution in [-0.2, 0) is 0 Å². The van der Waals surface area contributed by atoms with Crippen molar-refractivity contribution in [2.45, 2.75) is 0 Å². The summed E-state index contributed by atoms with van der Waals surface area (Å²) in [7, 11) is 0. The van der Waals surface area contributed by atoms with E-state index in [-0.39, 0.29) is 0 Å². The van der Waals surface area contributed by atoms with Gasteiger partial charge in [-0.3, -0.25) is 0 Å². The molecule has 5 heteroatoms. The lowest BCUT2D eigenvalue weighted by Crippen LogP contribution is -1.85. The van der Waals surface area contributed by atoms with Crippen molar-refractivity contribution in [1.82, 2.24) is 9.97 Å². The van der Waals surface area contributed by atoms with Crippen molar-refractivity contribution >= 4 is 69.1 Å². The topological polar surface area (TPSA) is 25.8 Å². The molecule has 0 aliphatic carbocycles. The highest BCUT2D eigenvalue weighted by atomic mass is 79.9. The minimum Gasteiger partial charge on any atom is -0.244 e. The molecule has 3 aromatic heterocycles. The van der Waals surface area contributed by atoms with Crippen LogP contribution in [0.2, 0.25) is 0 Å². The number of thiophene rings is 2. The monoisotopic (exact) mass is 396 g/mol. The summed E-state index contributed by atoms with van der Waals surface area (Å²) >= 11 is 6.94. The van der Waals surface area contributed by atoms with Gasteiger partial charge in [0.1, 0.15) is 10.3 Å². The quantitative estimate of drug-likeness (QED) is 0.323. The molecular weight excluding hydrogens is 388 g/mol. The van der Waals surface area contributed by atoms with Crippen LogP contribution in [0.3, 0.4) is 0 Å². The van der Waals surface area contributed by atoms with Crippen molar-refractivity contribution in [3.8, 4) is 11.3 Å². The van der Waals surface area contributed by atoms with E-state index in [0.717, 1.165) is 25.4 Å². The van der Waals surface area contributed by atoms with Crippen LogP contribution in [-0.4, -0.2) is 9.97 Å². The second-order valence-electron chi connectivity index (χ2n) is 5.31. The smallest absolute Gasteiger partial charge is 0.142 e. The van der Waals surface area contributed by atoms with Gasteiger partial charge < -0.3 is 0 Å². The summed E-state index contributed by atoms with van der Waals surface area (Å²) in [5.41, 5.74) is 2.97. The van der Waals surface area contributed by atoms with E-state index in [4.69, 9.17) is 4.98 Å². The largest absolute Gasteiger partial charge is 0.244 e. The lowest BCUT2D eigenvalue weighted by atomic mass is 10.1. The molecule has 0 aliphatic heterocycles. The summed E-state index contributed by atoms with van der Waals surface area (Å²) in [4.78, 5) is 10.3. The van der Waals surface area contributed by atoms with Gasteiger partial charge in [0, 0.05) is 25.7 Å². The second-order valence-corrected chi connectivity index (χ2v) is 8.80. The van der Waals surface area contributed by atoms with E-state index in [1.807, 2.05) is 23.6 Å². The molecule has 3 heterocycles. The van der Waals surface area contributed by atoms with E-state index >= 15 is 0 Å². The first-order chi connectivity index (χ1) is 11.3. The molecule has 0 fully saturated rings. The fraction of sp³-hybridized carbons (Fsp3) is 0. The minimum atomic E-state index is 0.917. The molecule has 0 saturated heterocycles. The van der Waals surface area contributed by atoms with Crippen molar-refractivity contribution in [2.24, 2.45) is 0 Å². The normalized spacial score (nSPS) is 11.7. The number of hydrogen-bond acceptors (Lipinski definition) is 4. The Morgan fingerprint density at radius 1 is 0.870 bits per heavy atom. The zero-order chi connectivity index (χ0) is 15.4. The molecule has 0 radical (unpaired) electrons. The van der Waals surface area contributed by atoms with Crippen LogP contribution in [0.15, 0.2) is 58.5 Å². The zero-order valence-electron chi connectivity index (χ0n) is 11.8. The van der Waals surface area contributed by atoms with Gasteiger partial charge in [0.2, 0.25) is 0 Å². The number of nitrogens with zero attached hydrogens (tertiary/aromatic N) is 2.